The number of carbonyl (C=O) groups excluding carboxylic acids is 1. The van der Waals surface area contributed by atoms with Crippen LogP contribution in [0, 0.1) is 0 Å². The van der Waals surface area contributed by atoms with E-state index in [-0.39, 0.29) is 16.7 Å². The van der Waals surface area contributed by atoms with Gasteiger partial charge in [0.1, 0.15) is 5.78 Å². The molecular weight excluding hydrogens is 238 g/mol. The molecule has 0 aromatic heterocycles. The molecule has 0 aromatic rings. The molecule has 2 atom stereocenters. The van der Waals surface area contributed by atoms with Crippen molar-refractivity contribution in [3.8, 4) is 0 Å². The minimum Gasteiger partial charge on any atom is -0.465 e. The van der Waals surface area contributed by atoms with Crippen LogP contribution in [0.1, 0.15) is 19.8 Å². The first kappa shape index (κ1) is 10.5. The van der Waals surface area contributed by atoms with Crippen molar-refractivity contribution < 1.29 is 14.7 Å². The number of halogens is 1. The summed E-state index contributed by atoms with van der Waals surface area (Å²) in [5, 5.41) is 8.84. The van der Waals surface area contributed by atoms with E-state index in [1.165, 1.54) is 4.90 Å². The predicted molar refractivity (Wildman–Crippen MR) is 51.1 cm³/mol. The summed E-state index contributed by atoms with van der Waals surface area (Å²) in [6.45, 7) is 2.21. The molecule has 1 fully saturated rings. The summed E-state index contributed by atoms with van der Waals surface area (Å²) in [5.41, 5.74) is 0. The number of hydrogen-bond donors (Lipinski definition) is 1. The van der Waals surface area contributed by atoms with Crippen molar-refractivity contribution in [2.45, 2.75) is 30.6 Å². The van der Waals surface area contributed by atoms with Gasteiger partial charge in [-0.1, -0.05) is 22.9 Å². The maximum absolute atomic E-state index is 11.3. The number of piperidine rings is 1. The maximum Gasteiger partial charge on any atom is 0.407 e. The fraction of sp³-hybridized carbons (Fsp3) is 0.750. The Labute approximate surface area is 85.0 Å². The Kier molecular flexibility index (Phi) is 3.30. The van der Waals surface area contributed by atoms with Gasteiger partial charge in [0.25, 0.3) is 0 Å². The van der Waals surface area contributed by atoms with Gasteiger partial charge in [0, 0.05) is 13.0 Å². The molecule has 0 aliphatic carbocycles. The number of hydrogen-bond acceptors (Lipinski definition) is 2. The van der Waals surface area contributed by atoms with Crippen LogP contribution in [0.4, 0.5) is 4.79 Å². The van der Waals surface area contributed by atoms with Crippen LogP contribution in [0.25, 0.3) is 0 Å². The van der Waals surface area contributed by atoms with Crippen LogP contribution in [-0.4, -0.2) is 39.3 Å². The lowest BCUT2D eigenvalue weighted by Gasteiger charge is -2.35. The van der Waals surface area contributed by atoms with Gasteiger partial charge in [-0.3, -0.25) is 4.79 Å². The third-order valence-corrected chi connectivity index (χ3v) is 3.43. The second-order valence-electron chi connectivity index (χ2n) is 3.07. The van der Waals surface area contributed by atoms with Crippen molar-refractivity contribution in [3.05, 3.63) is 0 Å². The van der Waals surface area contributed by atoms with Crippen LogP contribution < -0.4 is 0 Å². The predicted octanol–water partition coefficient (Wildman–Crippen LogP) is 1.48. The van der Waals surface area contributed by atoms with Crippen molar-refractivity contribution in [2.24, 2.45) is 0 Å². The fourth-order valence-corrected chi connectivity index (χ4v) is 2.46. The van der Waals surface area contributed by atoms with E-state index in [0.29, 0.717) is 19.4 Å². The van der Waals surface area contributed by atoms with Gasteiger partial charge in [0.2, 0.25) is 0 Å². The number of carbonyl (C=O) groups is 2. The Hall–Kier alpha value is -0.580. The first-order valence-electron chi connectivity index (χ1n) is 4.24. The topological polar surface area (TPSA) is 57.6 Å². The minimum absolute atomic E-state index is 0.101. The molecule has 1 aliphatic rings. The zero-order chi connectivity index (χ0) is 10.0. The van der Waals surface area contributed by atoms with E-state index in [2.05, 4.69) is 15.9 Å². The summed E-state index contributed by atoms with van der Waals surface area (Å²) >= 11 is 3.23. The van der Waals surface area contributed by atoms with Gasteiger partial charge in [-0.15, -0.1) is 0 Å². The average Bonchev–Trinajstić information content (AvgIpc) is 2.09. The highest BCUT2D eigenvalue weighted by molar-refractivity contribution is 9.10. The lowest BCUT2D eigenvalue weighted by atomic mass is 9.99. The molecule has 4 nitrogen and oxygen atoms in total. The Bertz CT molecular complexity index is 231. The molecular formula is C8H12BrNO3. The van der Waals surface area contributed by atoms with Gasteiger partial charge >= 0.3 is 6.09 Å². The highest BCUT2D eigenvalue weighted by Gasteiger charge is 2.36. The van der Waals surface area contributed by atoms with E-state index in [0.717, 1.165) is 0 Å². The van der Waals surface area contributed by atoms with Gasteiger partial charge in [-0.2, -0.15) is 0 Å². The van der Waals surface area contributed by atoms with Gasteiger partial charge in [-0.05, 0) is 6.42 Å². The summed E-state index contributed by atoms with van der Waals surface area (Å²) in [7, 11) is 0. The number of ketones is 1. The molecule has 0 radical (unpaired) electrons. The van der Waals surface area contributed by atoms with Crippen LogP contribution in [0.2, 0.25) is 0 Å². The monoisotopic (exact) mass is 249 g/mol. The SMILES string of the molecule is CCC1C(Br)C(=O)CCN1C(=O)O. The molecule has 0 bridgehead atoms. The number of alkyl halides is 1. The molecule has 0 saturated carbocycles. The Morgan fingerprint density at radius 3 is 2.85 bits per heavy atom. The minimum atomic E-state index is -0.941. The molecule has 5 heteroatoms. The van der Waals surface area contributed by atoms with E-state index in [4.69, 9.17) is 5.11 Å². The van der Waals surface area contributed by atoms with Crippen molar-refractivity contribution in [2.75, 3.05) is 6.54 Å². The third-order valence-electron chi connectivity index (χ3n) is 2.31. The lowest BCUT2D eigenvalue weighted by Crippen LogP contribution is -2.52. The Balaban J connectivity index is 2.77. The molecule has 13 heavy (non-hydrogen) atoms. The van der Waals surface area contributed by atoms with Crippen LogP contribution in [0.3, 0.4) is 0 Å². The second kappa shape index (κ2) is 4.09. The fourth-order valence-electron chi connectivity index (χ4n) is 1.57. The van der Waals surface area contributed by atoms with Gasteiger partial charge in [0.15, 0.2) is 0 Å². The molecule has 1 heterocycles. The summed E-state index contributed by atoms with van der Waals surface area (Å²) in [6, 6.07) is -0.209. The van der Waals surface area contributed by atoms with Crippen LogP contribution in [0.5, 0.6) is 0 Å². The van der Waals surface area contributed by atoms with E-state index in [1.54, 1.807) is 0 Å². The zero-order valence-corrected chi connectivity index (χ0v) is 8.95. The molecule has 1 saturated heterocycles. The number of nitrogens with zero attached hydrogens (tertiary/aromatic N) is 1. The summed E-state index contributed by atoms with van der Waals surface area (Å²) in [5.74, 6) is 0.101. The second-order valence-corrected chi connectivity index (χ2v) is 4.06. The molecule has 1 amide bonds. The quantitative estimate of drug-likeness (QED) is 0.717. The van der Waals surface area contributed by atoms with Crippen LogP contribution in [-0.2, 0) is 4.79 Å². The van der Waals surface area contributed by atoms with Gasteiger partial charge in [0.05, 0.1) is 10.9 Å². The summed E-state index contributed by atoms with van der Waals surface area (Å²) < 4.78 is 0. The molecule has 1 rings (SSSR count). The van der Waals surface area contributed by atoms with Crippen molar-refractivity contribution in [1.82, 2.24) is 4.90 Å². The average molecular weight is 250 g/mol. The molecule has 2 unspecified atom stereocenters. The first-order valence-corrected chi connectivity index (χ1v) is 5.15. The standard InChI is InChI=1S/C8H12BrNO3/c1-2-5-7(9)6(11)3-4-10(5)8(12)13/h5,7H,2-4H2,1H3,(H,12,13). The Morgan fingerprint density at radius 2 is 2.38 bits per heavy atom. The lowest BCUT2D eigenvalue weighted by molar-refractivity contribution is -0.121. The number of amides is 1. The zero-order valence-electron chi connectivity index (χ0n) is 7.36. The molecule has 1 N–H and O–H groups in total. The largest absolute Gasteiger partial charge is 0.465 e. The van der Waals surface area contributed by atoms with Gasteiger partial charge < -0.3 is 10.0 Å². The number of likely N-dealkylation sites (tertiary alicyclic amines) is 1. The van der Waals surface area contributed by atoms with Crippen molar-refractivity contribution in [1.29, 1.82) is 0 Å². The number of carboxylic acid groups (broad SMARTS) is 1. The third kappa shape index (κ3) is 2.02. The van der Waals surface area contributed by atoms with E-state index in [1.807, 2.05) is 6.92 Å². The van der Waals surface area contributed by atoms with Crippen LogP contribution >= 0.6 is 15.9 Å². The van der Waals surface area contributed by atoms with Crippen LogP contribution in [0.15, 0.2) is 0 Å². The summed E-state index contributed by atoms with van der Waals surface area (Å²) in [6.07, 6.45) is 0.0379. The molecule has 0 aromatic carbocycles. The molecule has 0 spiro atoms. The number of Topliss-reactive ketones (excluding diaryl/α,β-unsaturated/α-hetero) is 1. The van der Waals surface area contributed by atoms with Crippen molar-refractivity contribution in [3.63, 3.8) is 0 Å². The summed E-state index contributed by atoms with van der Waals surface area (Å²) in [4.78, 5) is 23.0. The van der Waals surface area contributed by atoms with Gasteiger partial charge in [-0.25, -0.2) is 4.79 Å². The highest BCUT2D eigenvalue weighted by atomic mass is 79.9. The smallest absolute Gasteiger partial charge is 0.407 e. The molecule has 1 aliphatic heterocycles. The molecule has 74 valence electrons. The number of rotatable bonds is 1. The van der Waals surface area contributed by atoms with Crippen molar-refractivity contribution >= 4 is 27.8 Å². The maximum atomic E-state index is 11.3. The first-order chi connectivity index (χ1) is 6.07. The van der Waals surface area contributed by atoms with E-state index < -0.39 is 6.09 Å². The van der Waals surface area contributed by atoms with E-state index in [9.17, 15) is 9.59 Å². The Morgan fingerprint density at radius 1 is 1.77 bits per heavy atom. The van der Waals surface area contributed by atoms with E-state index >= 15 is 0 Å². The highest BCUT2D eigenvalue weighted by Crippen LogP contribution is 2.23. The normalized spacial score (nSPS) is 29.1.